The molecule has 0 aliphatic carbocycles. The molecule has 3 N–H and O–H groups in total. The number of carbonyl (C=O) groups excluding carboxylic acids is 1. The molecular formula is C20H21FN4O. The van der Waals surface area contributed by atoms with Gasteiger partial charge in [-0.1, -0.05) is 18.2 Å². The third-order valence-electron chi connectivity index (χ3n) is 4.73. The molecule has 2 aromatic carbocycles. The molecule has 0 aromatic heterocycles. The molecule has 134 valence electrons. The molecule has 1 saturated heterocycles. The van der Waals surface area contributed by atoms with Gasteiger partial charge in [-0.2, -0.15) is 5.26 Å². The van der Waals surface area contributed by atoms with Crippen LogP contribution in [0.2, 0.25) is 0 Å². The lowest BCUT2D eigenvalue weighted by molar-refractivity contribution is -0.122. The number of nitrogens with zero attached hydrogens (tertiary/aromatic N) is 2. The standard InChI is InChI=1S/C20H21FN4O/c21-18-4-1-5-19(17(18)11-22)24-12-14-6-8-16(9-7-14)25-10-2-3-15(13-25)20(23)26/h1,4-9,15,24H,2-3,10,12-13H2,(H2,23,26)/t15-/m0/s1. The highest BCUT2D eigenvalue weighted by Gasteiger charge is 2.24. The van der Waals surface area contributed by atoms with E-state index in [1.165, 1.54) is 6.07 Å². The topological polar surface area (TPSA) is 82.2 Å². The lowest BCUT2D eigenvalue weighted by Crippen LogP contribution is -2.41. The maximum Gasteiger partial charge on any atom is 0.222 e. The van der Waals surface area contributed by atoms with Crippen LogP contribution < -0.4 is 16.0 Å². The number of carbonyl (C=O) groups is 1. The zero-order valence-corrected chi connectivity index (χ0v) is 14.4. The van der Waals surface area contributed by atoms with Crippen LogP contribution in [-0.4, -0.2) is 19.0 Å². The van der Waals surface area contributed by atoms with Crippen molar-refractivity contribution >= 4 is 17.3 Å². The van der Waals surface area contributed by atoms with Crippen molar-refractivity contribution in [3.63, 3.8) is 0 Å². The van der Waals surface area contributed by atoms with Gasteiger partial charge >= 0.3 is 0 Å². The summed E-state index contributed by atoms with van der Waals surface area (Å²) >= 11 is 0. The lowest BCUT2D eigenvalue weighted by atomic mass is 9.97. The van der Waals surface area contributed by atoms with E-state index in [0.717, 1.165) is 30.6 Å². The number of nitrogens with one attached hydrogen (secondary N) is 1. The molecule has 0 radical (unpaired) electrons. The van der Waals surface area contributed by atoms with Crippen LogP contribution >= 0.6 is 0 Å². The molecule has 1 aliphatic heterocycles. The van der Waals surface area contributed by atoms with Gasteiger partial charge in [0.15, 0.2) is 0 Å². The third-order valence-corrected chi connectivity index (χ3v) is 4.73. The number of benzene rings is 2. The van der Waals surface area contributed by atoms with Crippen molar-refractivity contribution in [1.82, 2.24) is 0 Å². The fourth-order valence-electron chi connectivity index (χ4n) is 3.25. The highest BCUT2D eigenvalue weighted by Crippen LogP contribution is 2.24. The van der Waals surface area contributed by atoms with Crippen molar-refractivity contribution in [3.8, 4) is 6.07 Å². The molecular weight excluding hydrogens is 331 g/mol. The van der Waals surface area contributed by atoms with Crippen LogP contribution in [0.15, 0.2) is 42.5 Å². The Kier molecular flexibility index (Phi) is 5.37. The van der Waals surface area contributed by atoms with Gasteiger partial charge in [-0.15, -0.1) is 0 Å². The average molecular weight is 352 g/mol. The molecule has 1 fully saturated rings. The summed E-state index contributed by atoms with van der Waals surface area (Å²) in [5.74, 6) is -0.858. The lowest BCUT2D eigenvalue weighted by Gasteiger charge is -2.33. The van der Waals surface area contributed by atoms with E-state index >= 15 is 0 Å². The first-order chi connectivity index (χ1) is 12.6. The maximum atomic E-state index is 13.6. The zero-order chi connectivity index (χ0) is 18.5. The normalized spacial score (nSPS) is 16.8. The minimum atomic E-state index is -0.526. The van der Waals surface area contributed by atoms with Crippen molar-refractivity contribution < 1.29 is 9.18 Å². The van der Waals surface area contributed by atoms with E-state index in [1.54, 1.807) is 12.1 Å². The minimum absolute atomic E-state index is 0.0231. The van der Waals surface area contributed by atoms with Crippen LogP contribution in [0.25, 0.3) is 0 Å². The molecule has 3 rings (SSSR count). The second-order valence-electron chi connectivity index (χ2n) is 6.48. The van der Waals surface area contributed by atoms with E-state index in [-0.39, 0.29) is 17.4 Å². The SMILES string of the molecule is N#Cc1c(F)cccc1NCc1ccc(N2CCC[C@H](C(N)=O)C2)cc1. The highest BCUT2D eigenvalue weighted by atomic mass is 19.1. The smallest absolute Gasteiger partial charge is 0.222 e. The first kappa shape index (κ1) is 17.7. The second kappa shape index (κ2) is 7.87. The Morgan fingerprint density at radius 3 is 2.77 bits per heavy atom. The Hall–Kier alpha value is -3.07. The Bertz CT molecular complexity index is 829. The number of nitriles is 1. The number of amides is 1. The fraction of sp³-hybridized carbons (Fsp3) is 0.300. The summed E-state index contributed by atoms with van der Waals surface area (Å²) in [5.41, 5.74) is 8.02. The molecule has 5 nitrogen and oxygen atoms in total. The summed E-state index contributed by atoms with van der Waals surface area (Å²) in [4.78, 5) is 13.6. The molecule has 0 unspecified atom stereocenters. The van der Waals surface area contributed by atoms with E-state index in [4.69, 9.17) is 11.0 Å². The van der Waals surface area contributed by atoms with Crippen molar-refractivity contribution in [2.45, 2.75) is 19.4 Å². The fourth-order valence-corrected chi connectivity index (χ4v) is 3.25. The average Bonchev–Trinajstić information content (AvgIpc) is 2.67. The Balaban J connectivity index is 1.64. The van der Waals surface area contributed by atoms with Gasteiger partial charge in [0.1, 0.15) is 17.4 Å². The van der Waals surface area contributed by atoms with E-state index in [2.05, 4.69) is 10.2 Å². The molecule has 0 spiro atoms. The number of hydrogen-bond acceptors (Lipinski definition) is 4. The summed E-state index contributed by atoms with van der Waals surface area (Å²) in [6, 6.07) is 14.4. The number of halogens is 1. The van der Waals surface area contributed by atoms with Crippen LogP contribution in [0.4, 0.5) is 15.8 Å². The molecule has 26 heavy (non-hydrogen) atoms. The van der Waals surface area contributed by atoms with Crippen LogP contribution in [0.5, 0.6) is 0 Å². The largest absolute Gasteiger partial charge is 0.380 e. The predicted octanol–water partition coefficient (Wildman–Crippen LogP) is 3.01. The summed E-state index contributed by atoms with van der Waals surface area (Å²) in [5, 5.41) is 12.2. The van der Waals surface area contributed by atoms with Gasteiger partial charge in [0.25, 0.3) is 0 Å². The number of hydrogen-bond donors (Lipinski definition) is 2. The summed E-state index contributed by atoms with van der Waals surface area (Å²) in [6.07, 6.45) is 1.80. The van der Waals surface area contributed by atoms with Gasteiger partial charge in [-0.3, -0.25) is 4.79 Å². The number of rotatable bonds is 5. The number of primary amides is 1. The van der Waals surface area contributed by atoms with Crippen molar-refractivity contribution in [3.05, 3.63) is 59.4 Å². The number of piperidine rings is 1. The molecule has 1 atom stereocenters. The summed E-state index contributed by atoms with van der Waals surface area (Å²) < 4.78 is 13.6. The molecule has 1 aliphatic rings. The summed E-state index contributed by atoms with van der Waals surface area (Å²) in [7, 11) is 0. The zero-order valence-electron chi connectivity index (χ0n) is 14.4. The summed E-state index contributed by atoms with van der Waals surface area (Å²) in [6.45, 7) is 2.06. The molecule has 0 bridgehead atoms. The van der Waals surface area contributed by atoms with Crippen molar-refractivity contribution in [2.75, 3.05) is 23.3 Å². The second-order valence-corrected chi connectivity index (χ2v) is 6.48. The molecule has 2 aromatic rings. The van der Waals surface area contributed by atoms with E-state index in [1.807, 2.05) is 30.3 Å². The monoisotopic (exact) mass is 352 g/mol. The number of nitrogens with two attached hydrogens (primary N) is 1. The highest BCUT2D eigenvalue weighted by molar-refractivity contribution is 5.77. The third kappa shape index (κ3) is 3.94. The molecule has 1 heterocycles. The predicted molar refractivity (Wildman–Crippen MR) is 99.0 cm³/mol. The first-order valence-corrected chi connectivity index (χ1v) is 8.64. The molecule has 1 amide bonds. The minimum Gasteiger partial charge on any atom is -0.380 e. The van der Waals surface area contributed by atoms with Crippen LogP contribution in [0.3, 0.4) is 0 Å². The van der Waals surface area contributed by atoms with Gasteiger partial charge in [0.2, 0.25) is 5.91 Å². The van der Waals surface area contributed by atoms with E-state index < -0.39 is 5.82 Å². The van der Waals surface area contributed by atoms with E-state index in [9.17, 15) is 9.18 Å². The Morgan fingerprint density at radius 2 is 2.08 bits per heavy atom. The number of anilines is 2. The van der Waals surface area contributed by atoms with Crippen LogP contribution in [-0.2, 0) is 11.3 Å². The van der Waals surface area contributed by atoms with Gasteiger partial charge < -0.3 is 16.0 Å². The molecule has 0 saturated carbocycles. The maximum absolute atomic E-state index is 13.6. The Morgan fingerprint density at radius 1 is 1.31 bits per heavy atom. The Labute approximate surface area is 152 Å². The van der Waals surface area contributed by atoms with Crippen LogP contribution in [0.1, 0.15) is 24.0 Å². The quantitative estimate of drug-likeness (QED) is 0.867. The first-order valence-electron chi connectivity index (χ1n) is 8.64. The molecule has 6 heteroatoms. The van der Waals surface area contributed by atoms with Gasteiger partial charge in [-0.25, -0.2) is 4.39 Å². The van der Waals surface area contributed by atoms with E-state index in [0.29, 0.717) is 18.8 Å². The van der Waals surface area contributed by atoms with Gasteiger partial charge in [-0.05, 0) is 42.7 Å². The van der Waals surface area contributed by atoms with Gasteiger partial charge in [0, 0.05) is 25.3 Å². The van der Waals surface area contributed by atoms with Crippen LogP contribution in [0, 0.1) is 23.1 Å². The van der Waals surface area contributed by atoms with Crippen molar-refractivity contribution in [2.24, 2.45) is 11.7 Å². The van der Waals surface area contributed by atoms with Gasteiger partial charge in [0.05, 0.1) is 11.6 Å². The van der Waals surface area contributed by atoms with Crippen molar-refractivity contribution in [1.29, 1.82) is 5.26 Å².